The Kier molecular flexibility index (Phi) is 4.74. The number of fused-ring (bicyclic) bond motifs is 1. The molecule has 3 aromatic rings. The first-order valence-corrected chi connectivity index (χ1v) is 10.4. The number of carbonyl (C=O) groups is 2. The van der Waals surface area contributed by atoms with E-state index >= 15 is 0 Å². The summed E-state index contributed by atoms with van der Waals surface area (Å²) in [6.45, 7) is 3.29. The zero-order valence-corrected chi connectivity index (χ0v) is 17.0. The van der Waals surface area contributed by atoms with Gasteiger partial charge in [-0.25, -0.2) is 0 Å². The first-order chi connectivity index (χ1) is 14.6. The van der Waals surface area contributed by atoms with Crippen molar-refractivity contribution in [3.8, 4) is 0 Å². The van der Waals surface area contributed by atoms with E-state index in [2.05, 4.69) is 20.2 Å². The fourth-order valence-electron chi connectivity index (χ4n) is 4.51. The highest BCUT2D eigenvalue weighted by molar-refractivity contribution is 6.04. The predicted octanol–water partition coefficient (Wildman–Crippen LogP) is 1.25. The van der Waals surface area contributed by atoms with E-state index < -0.39 is 0 Å². The van der Waals surface area contributed by atoms with Crippen LogP contribution in [0.5, 0.6) is 0 Å². The van der Waals surface area contributed by atoms with E-state index in [1.54, 1.807) is 10.9 Å². The molecule has 2 aromatic heterocycles. The van der Waals surface area contributed by atoms with Crippen molar-refractivity contribution in [1.29, 1.82) is 0 Å². The second-order valence-electron chi connectivity index (χ2n) is 7.97. The number of H-pyrrole nitrogens is 1. The first kappa shape index (κ1) is 18.8. The smallest absolute Gasteiger partial charge is 0.275 e. The predicted molar refractivity (Wildman–Crippen MR) is 112 cm³/mol. The standard InChI is InChI=1S/C21H25N7O2/c1-25-14-15(13-22-25)28-8-4-7-18(20(28)29)26-9-11-27(12-10-26)21(30)19-16-5-2-3-6-17(16)23-24-19/h2-3,5-6,13-14,18H,4,7-12H2,1H3,(H,23,24)/t18-/m1/s1. The number of aryl methyl sites for hydroxylation is 1. The van der Waals surface area contributed by atoms with Crippen LogP contribution in [0.25, 0.3) is 10.9 Å². The molecular formula is C21H25N7O2. The molecule has 2 aliphatic heterocycles. The Morgan fingerprint density at radius 3 is 2.70 bits per heavy atom. The van der Waals surface area contributed by atoms with Crippen molar-refractivity contribution in [2.45, 2.75) is 18.9 Å². The lowest BCUT2D eigenvalue weighted by Crippen LogP contribution is -2.58. The van der Waals surface area contributed by atoms with E-state index in [9.17, 15) is 9.59 Å². The molecule has 5 rings (SSSR count). The molecule has 0 spiro atoms. The van der Waals surface area contributed by atoms with Crippen LogP contribution in [0, 0.1) is 0 Å². The van der Waals surface area contributed by atoms with Crippen molar-refractivity contribution >= 4 is 28.4 Å². The van der Waals surface area contributed by atoms with Gasteiger partial charge in [-0.2, -0.15) is 10.2 Å². The average molecular weight is 407 g/mol. The number of benzene rings is 1. The summed E-state index contributed by atoms with van der Waals surface area (Å²) in [4.78, 5) is 32.0. The molecule has 4 heterocycles. The third-order valence-electron chi connectivity index (χ3n) is 6.13. The monoisotopic (exact) mass is 407 g/mol. The minimum absolute atomic E-state index is 0.0564. The van der Waals surface area contributed by atoms with Crippen LogP contribution in [-0.4, -0.2) is 80.4 Å². The highest BCUT2D eigenvalue weighted by atomic mass is 16.2. The van der Waals surface area contributed by atoms with Crippen molar-refractivity contribution in [1.82, 2.24) is 29.8 Å². The molecule has 156 valence electrons. The van der Waals surface area contributed by atoms with Gasteiger partial charge in [-0.05, 0) is 18.9 Å². The van der Waals surface area contributed by atoms with Gasteiger partial charge >= 0.3 is 0 Å². The largest absolute Gasteiger partial charge is 0.335 e. The second-order valence-corrected chi connectivity index (χ2v) is 7.97. The Balaban J connectivity index is 1.25. The molecule has 2 amide bonds. The zero-order valence-electron chi connectivity index (χ0n) is 17.0. The number of anilines is 1. The van der Waals surface area contributed by atoms with Gasteiger partial charge in [0.1, 0.15) is 0 Å². The Bertz CT molecular complexity index is 1080. The summed E-state index contributed by atoms with van der Waals surface area (Å²) >= 11 is 0. The fourth-order valence-corrected chi connectivity index (χ4v) is 4.51. The maximum absolute atomic E-state index is 13.1. The van der Waals surface area contributed by atoms with Crippen LogP contribution in [0.2, 0.25) is 0 Å². The highest BCUT2D eigenvalue weighted by Gasteiger charge is 2.36. The number of piperidine rings is 1. The number of hydrogen-bond donors (Lipinski definition) is 1. The maximum Gasteiger partial charge on any atom is 0.275 e. The van der Waals surface area contributed by atoms with Crippen molar-refractivity contribution < 1.29 is 9.59 Å². The van der Waals surface area contributed by atoms with Gasteiger partial charge in [0, 0.05) is 51.4 Å². The topological polar surface area (TPSA) is 90.4 Å². The SMILES string of the molecule is Cn1cc(N2CCC[C@@H](N3CCN(C(=O)c4n[nH]c5ccccc45)CC3)C2=O)cn1. The molecule has 2 saturated heterocycles. The van der Waals surface area contributed by atoms with Gasteiger partial charge in [0.05, 0.1) is 23.4 Å². The highest BCUT2D eigenvalue weighted by Crippen LogP contribution is 2.25. The molecule has 0 saturated carbocycles. The van der Waals surface area contributed by atoms with Crippen LogP contribution in [-0.2, 0) is 11.8 Å². The Labute approximate surface area is 174 Å². The van der Waals surface area contributed by atoms with E-state index in [1.165, 1.54) is 0 Å². The zero-order chi connectivity index (χ0) is 20.7. The van der Waals surface area contributed by atoms with Crippen molar-refractivity contribution in [2.75, 3.05) is 37.6 Å². The van der Waals surface area contributed by atoms with E-state index in [0.29, 0.717) is 31.9 Å². The molecule has 0 unspecified atom stereocenters. The van der Waals surface area contributed by atoms with E-state index in [-0.39, 0.29) is 17.9 Å². The molecule has 30 heavy (non-hydrogen) atoms. The summed E-state index contributed by atoms with van der Waals surface area (Å²) in [7, 11) is 1.86. The lowest BCUT2D eigenvalue weighted by Gasteiger charge is -2.42. The van der Waals surface area contributed by atoms with Gasteiger partial charge in [0.2, 0.25) is 5.91 Å². The third-order valence-corrected chi connectivity index (χ3v) is 6.13. The second kappa shape index (κ2) is 7.56. The molecule has 0 bridgehead atoms. The van der Waals surface area contributed by atoms with Crippen LogP contribution in [0.1, 0.15) is 23.3 Å². The van der Waals surface area contributed by atoms with Gasteiger partial charge in [0.15, 0.2) is 5.69 Å². The van der Waals surface area contributed by atoms with E-state index in [0.717, 1.165) is 36.0 Å². The minimum Gasteiger partial charge on any atom is -0.335 e. The number of para-hydroxylation sites is 1. The summed E-state index contributed by atoms with van der Waals surface area (Å²) in [5.41, 5.74) is 2.18. The van der Waals surface area contributed by atoms with Gasteiger partial charge in [0.25, 0.3) is 5.91 Å². The molecule has 9 nitrogen and oxygen atoms in total. The summed E-state index contributed by atoms with van der Waals surface area (Å²) in [5, 5.41) is 12.2. The molecule has 9 heteroatoms. The number of aromatic nitrogens is 4. The van der Waals surface area contributed by atoms with Crippen molar-refractivity contribution in [3.05, 3.63) is 42.4 Å². The molecule has 2 aliphatic rings. The Hall–Kier alpha value is -3.20. The molecule has 0 aliphatic carbocycles. The Morgan fingerprint density at radius 2 is 1.93 bits per heavy atom. The number of piperazine rings is 1. The van der Waals surface area contributed by atoms with Gasteiger partial charge in [-0.3, -0.25) is 24.3 Å². The van der Waals surface area contributed by atoms with Gasteiger partial charge in [-0.15, -0.1) is 0 Å². The van der Waals surface area contributed by atoms with E-state index in [4.69, 9.17) is 0 Å². The lowest BCUT2D eigenvalue weighted by atomic mass is 10.0. The molecule has 1 aromatic carbocycles. The maximum atomic E-state index is 13.1. The first-order valence-electron chi connectivity index (χ1n) is 10.4. The molecule has 1 N–H and O–H groups in total. The van der Waals surface area contributed by atoms with Crippen LogP contribution < -0.4 is 4.90 Å². The lowest BCUT2D eigenvalue weighted by molar-refractivity contribution is -0.126. The molecule has 1 atom stereocenters. The number of aromatic amines is 1. The number of rotatable bonds is 3. The average Bonchev–Trinajstić information content (AvgIpc) is 3.40. The summed E-state index contributed by atoms with van der Waals surface area (Å²) < 4.78 is 1.72. The van der Waals surface area contributed by atoms with E-state index in [1.807, 2.05) is 47.3 Å². The minimum atomic E-state index is -0.137. The summed E-state index contributed by atoms with van der Waals surface area (Å²) in [6.07, 6.45) is 5.44. The van der Waals surface area contributed by atoms with Gasteiger partial charge in [-0.1, -0.05) is 18.2 Å². The number of carbonyl (C=O) groups excluding carboxylic acids is 2. The fraction of sp³-hybridized carbons (Fsp3) is 0.429. The summed E-state index contributed by atoms with van der Waals surface area (Å²) in [5.74, 6) is 0.0754. The molecular weight excluding hydrogens is 382 g/mol. The van der Waals surface area contributed by atoms with Crippen molar-refractivity contribution in [3.63, 3.8) is 0 Å². The Morgan fingerprint density at radius 1 is 1.13 bits per heavy atom. The van der Waals surface area contributed by atoms with Crippen molar-refractivity contribution in [2.24, 2.45) is 7.05 Å². The van der Waals surface area contributed by atoms with Crippen LogP contribution >= 0.6 is 0 Å². The van der Waals surface area contributed by atoms with Crippen LogP contribution in [0.3, 0.4) is 0 Å². The number of amides is 2. The van der Waals surface area contributed by atoms with Crippen LogP contribution in [0.4, 0.5) is 5.69 Å². The number of nitrogens with zero attached hydrogens (tertiary/aromatic N) is 6. The third kappa shape index (κ3) is 3.24. The summed E-state index contributed by atoms with van der Waals surface area (Å²) in [6, 6.07) is 7.52. The number of hydrogen-bond acceptors (Lipinski definition) is 5. The molecule has 2 fully saturated rings. The number of nitrogens with one attached hydrogen (secondary N) is 1. The van der Waals surface area contributed by atoms with Gasteiger partial charge < -0.3 is 9.80 Å². The molecule has 0 radical (unpaired) electrons. The van der Waals surface area contributed by atoms with Crippen LogP contribution in [0.15, 0.2) is 36.7 Å². The normalized spacial score (nSPS) is 20.8. The quantitative estimate of drug-likeness (QED) is 0.706.